The molecule has 4 heteroatoms. The molecule has 1 amide bonds. The summed E-state index contributed by atoms with van der Waals surface area (Å²) >= 11 is 0. The Labute approximate surface area is 140 Å². The zero-order valence-electron chi connectivity index (χ0n) is 13.1. The molecule has 0 aliphatic rings. The first-order chi connectivity index (χ1) is 11.8. The summed E-state index contributed by atoms with van der Waals surface area (Å²) in [7, 11) is 0. The average molecular weight is 318 g/mol. The Morgan fingerprint density at radius 1 is 0.875 bits per heavy atom. The van der Waals surface area contributed by atoms with E-state index in [0.717, 1.165) is 16.8 Å². The van der Waals surface area contributed by atoms with Gasteiger partial charge in [-0.3, -0.25) is 10.0 Å². The van der Waals surface area contributed by atoms with Crippen molar-refractivity contribution in [1.29, 1.82) is 0 Å². The molecule has 3 aromatic rings. The normalized spacial score (nSPS) is 10.2. The molecule has 0 saturated carbocycles. The first kappa shape index (κ1) is 15.8. The number of amides is 1. The molecule has 4 nitrogen and oxygen atoms in total. The molecule has 0 atom stereocenters. The summed E-state index contributed by atoms with van der Waals surface area (Å²) in [6.07, 6.45) is 0. The fraction of sp³-hybridized carbons (Fsp3) is 0.0500. The fourth-order valence-electron chi connectivity index (χ4n) is 2.57. The number of rotatable bonds is 5. The molecule has 0 spiro atoms. The summed E-state index contributed by atoms with van der Waals surface area (Å²) in [5, 5.41) is 12.3. The van der Waals surface area contributed by atoms with Crippen molar-refractivity contribution in [3.8, 4) is 11.1 Å². The standard InChI is InChI=1S/C20H18N2O2/c23-20(22-24)18-12-11-17(21-14-15-7-3-1-4-8-15)13-19(18)16-9-5-2-6-10-16/h1-13,21,24H,14H2,(H,22,23). The van der Waals surface area contributed by atoms with E-state index in [1.807, 2.05) is 60.7 Å². The molecule has 0 bridgehead atoms. The van der Waals surface area contributed by atoms with E-state index in [1.165, 1.54) is 5.56 Å². The molecule has 0 unspecified atom stereocenters. The highest BCUT2D eigenvalue weighted by atomic mass is 16.5. The van der Waals surface area contributed by atoms with Crippen LogP contribution in [-0.4, -0.2) is 11.1 Å². The van der Waals surface area contributed by atoms with E-state index in [0.29, 0.717) is 12.1 Å². The zero-order valence-corrected chi connectivity index (χ0v) is 13.1. The van der Waals surface area contributed by atoms with Crippen LogP contribution in [0.25, 0.3) is 11.1 Å². The van der Waals surface area contributed by atoms with Gasteiger partial charge in [0.1, 0.15) is 0 Å². The van der Waals surface area contributed by atoms with Crippen LogP contribution in [0.3, 0.4) is 0 Å². The monoisotopic (exact) mass is 318 g/mol. The zero-order chi connectivity index (χ0) is 16.8. The van der Waals surface area contributed by atoms with Gasteiger partial charge < -0.3 is 5.32 Å². The predicted molar refractivity (Wildman–Crippen MR) is 94.9 cm³/mol. The lowest BCUT2D eigenvalue weighted by Gasteiger charge is -2.12. The fourth-order valence-corrected chi connectivity index (χ4v) is 2.57. The maximum atomic E-state index is 11.9. The maximum absolute atomic E-state index is 11.9. The maximum Gasteiger partial charge on any atom is 0.275 e. The van der Waals surface area contributed by atoms with Crippen LogP contribution in [0.15, 0.2) is 78.9 Å². The van der Waals surface area contributed by atoms with E-state index in [2.05, 4.69) is 17.4 Å². The van der Waals surface area contributed by atoms with Gasteiger partial charge in [-0.2, -0.15) is 0 Å². The summed E-state index contributed by atoms with van der Waals surface area (Å²) in [5.41, 5.74) is 5.90. The number of benzene rings is 3. The summed E-state index contributed by atoms with van der Waals surface area (Å²) in [4.78, 5) is 11.9. The molecule has 0 radical (unpaired) electrons. The summed E-state index contributed by atoms with van der Waals surface area (Å²) in [6.45, 7) is 0.695. The van der Waals surface area contributed by atoms with Crippen molar-refractivity contribution in [2.75, 3.05) is 5.32 Å². The summed E-state index contributed by atoms with van der Waals surface area (Å²) in [5.74, 6) is -0.525. The molecule has 0 aromatic heterocycles. The first-order valence-electron chi connectivity index (χ1n) is 7.69. The van der Waals surface area contributed by atoms with E-state index in [1.54, 1.807) is 11.5 Å². The van der Waals surface area contributed by atoms with Gasteiger partial charge in [0.15, 0.2) is 0 Å². The Hall–Kier alpha value is -3.11. The average Bonchev–Trinajstić information content (AvgIpc) is 2.67. The third-order valence-electron chi connectivity index (χ3n) is 3.79. The molecule has 0 aliphatic carbocycles. The van der Waals surface area contributed by atoms with E-state index in [-0.39, 0.29) is 0 Å². The highest BCUT2D eigenvalue weighted by molar-refractivity contribution is 6.01. The van der Waals surface area contributed by atoms with Crippen molar-refractivity contribution in [3.63, 3.8) is 0 Å². The van der Waals surface area contributed by atoms with Gasteiger partial charge in [0.05, 0.1) is 0 Å². The quantitative estimate of drug-likeness (QED) is 0.490. The smallest absolute Gasteiger partial charge is 0.275 e. The van der Waals surface area contributed by atoms with Crippen molar-refractivity contribution in [2.45, 2.75) is 6.54 Å². The largest absolute Gasteiger partial charge is 0.381 e. The van der Waals surface area contributed by atoms with Gasteiger partial charge in [-0.1, -0.05) is 60.7 Å². The number of hydroxylamine groups is 1. The van der Waals surface area contributed by atoms with E-state index >= 15 is 0 Å². The van der Waals surface area contributed by atoms with Gasteiger partial charge in [-0.05, 0) is 34.9 Å². The van der Waals surface area contributed by atoms with Gasteiger partial charge in [-0.15, -0.1) is 0 Å². The Bertz CT molecular complexity index is 818. The molecular weight excluding hydrogens is 300 g/mol. The highest BCUT2D eigenvalue weighted by Crippen LogP contribution is 2.27. The number of hydrogen-bond acceptors (Lipinski definition) is 3. The summed E-state index contributed by atoms with van der Waals surface area (Å²) < 4.78 is 0. The van der Waals surface area contributed by atoms with Crippen LogP contribution in [0.4, 0.5) is 5.69 Å². The van der Waals surface area contributed by atoms with Crippen molar-refractivity contribution < 1.29 is 10.0 Å². The first-order valence-corrected chi connectivity index (χ1v) is 7.69. The Morgan fingerprint density at radius 3 is 2.21 bits per heavy atom. The number of anilines is 1. The molecule has 0 saturated heterocycles. The number of carbonyl (C=O) groups excluding carboxylic acids is 1. The van der Waals surface area contributed by atoms with E-state index < -0.39 is 5.91 Å². The van der Waals surface area contributed by atoms with E-state index in [4.69, 9.17) is 5.21 Å². The SMILES string of the molecule is O=C(NO)c1ccc(NCc2ccccc2)cc1-c1ccccc1. The lowest BCUT2D eigenvalue weighted by molar-refractivity contribution is 0.0707. The minimum Gasteiger partial charge on any atom is -0.381 e. The van der Waals surface area contributed by atoms with Gasteiger partial charge >= 0.3 is 0 Å². The Kier molecular flexibility index (Phi) is 4.89. The Morgan fingerprint density at radius 2 is 1.54 bits per heavy atom. The summed E-state index contributed by atoms with van der Waals surface area (Å²) in [6, 6.07) is 25.2. The number of hydrogen-bond donors (Lipinski definition) is 3. The van der Waals surface area contributed by atoms with Crippen LogP contribution in [0, 0.1) is 0 Å². The molecule has 3 rings (SSSR count). The highest BCUT2D eigenvalue weighted by Gasteiger charge is 2.13. The van der Waals surface area contributed by atoms with Crippen LogP contribution in [-0.2, 0) is 6.54 Å². The van der Waals surface area contributed by atoms with Crippen LogP contribution >= 0.6 is 0 Å². The van der Waals surface area contributed by atoms with Crippen molar-refractivity contribution in [1.82, 2.24) is 5.48 Å². The van der Waals surface area contributed by atoms with Crippen molar-refractivity contribution in [2.24, 2.45) is 0 Å². The lowest BCUT2D eigenvalue weighted by atomic mass is 9.98. The molecule has 0 heterocycles. The second-order valence-electron chi connectivity index (χ2n) is 5.41. The minimum atomic E-state index is -0.525. The van der Waals surface area contributed by atoms with Gasteiger partial charge in [0, 0.05) is 17.8 Å². The third kappa shape index (κ3) is 3.62. The van der Waals surface area contributed by atoms with Gasteiger partial charge in [0.25, 0.3) is 5.91 Å². The van der Waals surface area contributed by atoms with Gasteiger partial charge in [-0.25, -0.2) is 5.48 Å². The van der Waals surface area contributed by atoms with Crippen LogP contribution < -0.4 is 10.8 Å². The predicted octanol–water partition coefficient (Wildman–Crippen LogP) is 4.08. The lowest BCUT2D eigenvalue weighted by Crippen LogP contribution is -2.19. The topological polar surface area (TPSA) is 61.4 Å². The third-order valence-corrected chi connectivity index (χ3v) is 3.79. The molecule has 0 aliphatic heterocycles. The second-order valence-corrected chi connectivity index (χ2v) is 5.41. The molecule has 3 N–H and O–H groups in total. The second kappa shape index (κ2) is 7.44. The Balaban J connectivity index is 1.91. The van der Waals surface area contributed by atoms with E-state index in [9.17, 15) is 4.79 Å². The molecule has 24 heavy (non-hydrogen) atoms. The van der Waals surface area contributed by atoms with Crippen molar-refractivity contribution >= 4 is 11.6 Å². The van der Waals surface area contributed by atoms with Crippen LogP contribution in [0.5, 0.6) is 0 Å². The van der Waals surface area contributed by atoms with Crippen molar-refractivity contribution in [3.05, 3.63) is 90.0 Å². The molecule has 120 valence electrons. The number of nitrogens with one attached hydrogen (secondary N) is 2. The number of carbonyl (C=O) groups is 1. The molecule has 0 fully saturated rings. The van der Waals surface area contributed by atoms with Crippen LogP contribution in [0.2, 0.25) is 0 Å². The molecular formula is C20H18N2O2. The van der Waals surface area contributed by atoms with Crippen LogP contribution in [0.1, 0.15) is 15.9 Å². The minimum absolute atomic E-state index is 0.425. The molecule has 3 aromatic carbocycles. The van der Waals surface area contributed by atoms with Gasteiger partial charge in [0.2, 0.25) is 0 Å².